The summed E-state index contributed by atoms with van der Waals surface area (Å²) >= 11 is 0. The second kappa shape index (κ2) is 9.40. The van der Waals surface area contributed by atoms with Crippen LogP contribution in [0.15, 0.2) is 30.5 Å². The third-order valence-corrected chi connectivity index (χ3v) is 5.11. The van der Waals surface area contributed by atoms with Crippen molar-refractivity contribution in [2.24, 2.45) is 11.7 Å². The third kappa shape index (κ3) is 4.40. The van der Waals surface area contributed by atoms with Crippen LogP contribution in [-0.2, 0) is 6.54 Å². The van der Waals surface area contributed by atoms with Gasteiger partial charge in [-0.25, -0.2) is 0 Å². The summed E-state index contributed by atoms with van der Waals surface area (Å²) < 4.78 is 2.16. The number of nitrogens with two attached hydrogens (primary N) is 1. The van der Waals surface area contributed by atoms with E-state index in [1.165, 1.54) is 0 Å². The highest BCUT2D eigenvalue weighted by Crippen LogP contribution is 2.26. The predicted octanol–water partition coefficient (Wildman–Crippen LogP) is 3.20. The van der Waals surface area contributed by atoms with E-state index in [0.29, 0.717) is 19.0 Å². The number of likely N-dealkylation sites (tertiary alicyclic amines) is 1. The highest BCUT2D eigenvalue weighted by Gasteiger charge is 2.33. The maximum Gasteiger partial charge on any atom is 0.255 e. The van der Waals surface area contributed by atoms with Crippen molar-refractivity contribution >= 4 is 30.7 Å². The molecule has 1 saturated heterocycles. The zero-order valence-corrected chi connectivity index (χ0v) is 17.1. The van der Waals surface area contributed by atoms with Crippen molar-refractivity contribution in [1.82, 2.24) is 14.5 Å². The van der Waals surface area contributed by atoms with Gasteiger partial charge >= 0.3 is 0 Å². The number of rotatable bonds is 4. The lowest BCUT2D eigenvalue weighted by Gasteiger charge is -2.21. The predicted molar refractivity (Wildman–Crippen MR) is 109 cm³/mol. The van der Waals surface area contributed by atoms with Crippen molar-refractivity contribution in [2.45, 2.75) is 39.8 Å². The molecule has 0 saturated carbocycles. The Morgan fingerprint density at radius 2 is 2.04 bits per heavy atom. The number of amides is 1. The van der Waals surface area contributed by atoms with E-state index in [1.807, 2.05) is 43.0 Å². The normalized spacial score (nSPS) is 19.0. The number of carbonyl (C=O) groups excluding carboxylic acids is 1. The van der Waals surface area contributed by atoms with Gasteiger partial charge in [0.15, 0.2) is 0 Å². The van der Waals surface area contributed by atoms with Crippen LogP contribution in [0.1, 0.15) is 40.8 Å². The molecule has 2 unspecified atom stereocenters. The Kier molecular flexibility index (Phi) is 8.13. The van der Waals surface area contributed by atoms with E-state index in [0.717, 1.165) is 35.6 Å². The van der Waals surface area contributed by atoms with Gasteiger partial charge in [-0.3, -0.25) is 9.78 Å². The van der Waals surface area contributed by atoms with Crippen molar-refractivity contribution < 1.29 is 4.79 Å². The summed E-state index contributed by atoms with van der Waals surface area (Å²) in [4.78, 5) is 19.4. The van der Waals surface area contributed by atoms with E-state index in [9.17, 15) is 4.79 Å². The average Bonchev–Trinajstić information content (AvgIpc) is 3.10. The Bertz CT molecular complexity index is 733. The van der Waals surface area contributed by atoms with Crippen LogP contribution < -0.4 is 5.73 Å². The van der Waals surface area contributed by atoms with Crippen molar-refractivity contribution in [3.63, 3.8) is 0 Å². The van der Waals surface area contributed by atoms with Crippen LogP contribution in [0, 0.1) is 19.8 Å². The number of nitrogens with zero attached hydrogens (tertiary/aromatic N) is 3. The quantitative estimate of drug-likeness (QED) is 0.859. The molecule has 0 radical (unpaired) electrons. The first-order chi connectivity index (χ1) is 11.5. The minimum atomic E-state index is 0. The molecule has 26 heavy (non-hydrogen) atoms. The highest BCUT2D eigenvalue weighted by molar-refractivity contribution is 5.96. The lowest BCUT2D eigenvalue weighted by molar-refractivity contribution is 0.0742. The van der Waals surface area contributed by atoms with Crippen molar-refractivity contribution in [3.8, 4) is 0 Å². The molecular weight excluding hydrogens is 371 g/mol. The number of pyridine rings is 1. The SMILES string of the molecule is Cc1cc(C(=O)N2CC(CN)CC2C)c(C)n1Cc1ccccn1.Cl.Cl. The molecule has 5 nitrogen and oxygen atoms in total. The van der Waals surface area contributed by atoms with Crippen molar-refractivity contribution in [3.05, 3.63) is 53.1 Å². The minimum Gasteiger partial charge on any atom is -0.342 e. The number of halogens is 2. The summed E-state index contributed by atoms with van der Waals surface area (Å²) in [5, 5.41) is 0. The molecule has 2 aromatic rings. The summed E-state index contributed by atoms with van der Waals surface area (Å²) in [7, 11) is 0. The standard InChI is InChI=1S/C19H26N4O.2ClH/c1-13-8-16(10-20)11-23(13)19(24)18-9-14(2)22(15(18)3)12-17-6-4-5-7-21-17;;/h4-7,9,13,16H,8,10-12,20H2,1-3H3;2*1H. The Balaban J connectivity index is 0.00000169. The molecule has 1 amide bonds. The van der Waals surface area contributed by atoms with E-state index in [4.69, 9.17) is 5.73 Å². The van der Waals surface area contributed by atoms with Gasteiger partial charge < -0.3 is 15.2 Å². The van der Waals surface area contributed by atoms with E-state index < -0.39 is 0 Å². The molecule has 1 aliphatic heterocycles. The first-order valence-electron chi connectivity index (χ1n) is 8.59. The molecule has 0 spiro atoms. The largest absolute Gasteiger partial charge is 0.342 e. The lowest BCUT2D eigenvalue weighted by Crippen LogP contribution is -2.34. The molecule has 7 heteroatoms. The van der Waals surface area contributed by atoms with Crippen LogP contribution in [0.25, 0.3) is 0 Å². The fourth-order valence-corrected chi connectivity index (χ4v) is 3.67. The topological polar surface area (TPSA) is 64.2 Å². The van der Waals surface area contributed by atoms with Crippen LogP contribution in [0.5, 0.6) is 0 Å². The Morgan fingerprint density at radius 1 is 1.31 bits per heavy atom. The van der Waals surface area contributed by atoms with Gasteiger partial charge in [0.25, 0.3) is 5.91 Å². The molecule has 1 aliphatic rings. The zero-order chi connectivity index (χ0) is 17.3. The molecule has 2 N–H and O–H groups in total. The maximum atomic E-state index is 13.0. The fourth-order valence-electron chi connectivity index (χ4n) is 3.67. The van der Waals surface area contributed by atoms with Crippen LogP contribution in [0.2, 0.25) is 0 Å². The van der Waals surface area contributed by atoms with Gasteiger partial charge in [-0.05, 0) is 57.9 Å². The van der Waals surface area contributed by atoms with Crippen molar-refractivity contribution in [1.29, 1.82) is 0 Å². The number of hydrogen-bond donors (Lipinski definition) is 1. The minimum absolute atomic E-state index is 0. The molecule has 0 aromatic carbocycles. The van der Waals surface area contributed by atoms with Gasteiger partial charge in [0.1, 0.15) is 0 Å². The Hall–Kier alpha value is -1.56. The first kappa shape index (κ1) is 22.5. The number of aromatic nitrogens is 2. The monoisotopic (exact) mass is 398 g/mol. The molecule has 0 aliphatic carbocycles. The zero-order valence-electron chi connectivity index (χ0n) is 15.5. The van der Waals surface area contributed by atoms with Crippen molar-refractivity contribution in [2.75, 3.05) is 13.1 Å². The third-order valence-electron chi connectivity index (χ3n) is 5.11. The summed E-state index contributed by atoms with van der Waals surface area (Å²) in [6, 6.07) is 8.17. The second-order valence-corrected chi connectivity index (χ2v) is 6.84. The van der Waals surface area contributed by atoms with E-state index >= 15 is 0 Å². The average molecular weight is 399 g/mol. The molecule has 3 rings (SSSR count). The summed E-state index contributed by atoms with van der Waals surface area (Å²) in [6.45, 7) is 8.27. The molecule has 0 bridgehead atoms. The van der Waals surface area contributed by atoms with E-state index in [2.05, 4.69) is 16.5 Å². The molecule has 1 fully saturated rings. The number of aryl methyl sites for hydroxylation is 1. The second-order valence-electron chi connectivity index (χ2n) is 6.84. The molecule has 144 valence electrons. The first-order valence-corrected chi connectivity index (χ1v) is 8.59. The Labute approximate surface area is 167 Å². The van der Waals surface area contributed by atoms with Gasteiger partial charge in [0.2, 0.25) is 0 Å². The Morgan fingerprint density at radius 3 is 2.62 bits per heavy atom. The summed E-state index contributed by atoms with van der Waals surface area (Å²) in [5.41, 5.74) is 9.68. The van der Waals surface area contributed by atoms with Crippen LogP contribution in [-0.4, -0.2) is 39.5 Å². The van der Waals surface area contributed by atoms with Gasteiger partial charge in [0.05, 0.1) is 17.8 Å². The number of hydrogen-bond acceptors (Lipinski definition) is 3. The fraction of sp³-hybridized carbons (Fsp3) is 0.474. The summed E-state index contributed by atoms with van der Waals surface area (Å²) in [6.07, 6.45) is 2.79. The summed E-state index contributed by atoms with van der Waals surface area (Å²) in [5.74, 6) is 0.541. The van der Waals surface area contributed by atoms with E-state index in [1.54, 1.807) is 6.20 Å². The maximum absolute atomic E-state index is 13.0. The molecule has 2 atom stereocenters. The molecule has 2 aromatic heterocycles. The molecular formula is C19H28Cl2N4O. The number of carbonyl (C=O) groups is 1. The highest BCUT2D eigenvalue weighted by atomic mass is 35.5. The lowest BCUT2D eigenvalue weighted by atomic mass is 10.1. The van der Waals surface area contributed by atoms with Gasteiger partial charge in [-0.2, -0.15) is 0 Å². The van der Waals surface area contributed by atoms with Gasteiger partial charge in [-0.1, -0.05) is 6.07 Å². The smallest absolute Gasteiger partial charge is 0.255 e. The molecule has 3 heterocycles. The van der Waals surface area contributed by atoms with Gasteiger partial charge in [0, 0.05) is 30.2 Å². The van der Waals surface area contributed by atoms with Crippen LogP contribution in [0.4, 0.5) is 0 Å². The van der Waals surface area contributed by atoms with Crippen LogP contribution >= 0.6 is 24.8 Å². The van der Waals surface area contributed by atoms with E-state index in [-0.39, 0.29) is 36.8 Å². The van der Waals surface area contributed by atoms with Gasteiger partial charge in [-0.15, -0.1) is 24.8 Å². The van der Waals surface area contributed by atoms with Crippen LogP contribution in [0.3, 0.4) is 0 Å².